The van der Waals surface area contributed by atoms with Crippen molar-refractivity contribution in [2.45, 2.75) is 24.8 Å². The third-order valence-electron chi connectivity index (χ3n) is 2.00. The summed E-state index contributed by atoms with van der Waals surface area (Å²) in [7, 11) is -10.8. The van der Waals surface area contributed by atoms with Gasteiger partial charge < -0.3 is 30.0 Å². The van der Waals surface area contributed by atoms with Crippen LogP contribution in [-0.2, 0) is 13.9 Å². The van der Waals surface area contributed by atoms with Gasteiger partial charge in [-0.3, -0.25) is 13.9 Å². The van der Waals surface area contributed by atoms with Gasteiger partial charge in [0, 0.05) is 19.9 Å². The average Bonchev–Trinajstić information content (AvgIpc) is 2.07. The second-order valence-electron chi connectivity index (χ2n) is 3.45. The van der Waals surface area contributed by atoms with Crippen LogP contribution in [0.15, 0.2) is 0 Å². The zero-order chi connectivity index (χ0) is 13.9. The van der Waals surface area contributed by atoms with Crippen molar-refractivity contribution >= 4 is 21.1 Å². The van der Waals surface area contributed by atoms with E-state index in [-0.39, 0.29) is 13.0 Å². The first kappa shape index (κ1) is 16.7. The Morgan fingerprint density at radius 2 is 1.59 bits per heavy atom. The number of carbonyl (C=O) groups excluding carboxylic acids is 1. The van der Waals surface area contributed by atoms with Crippen molar-refractivity contribution in [3.05, 3.63) is 0 Å². The number of aliphatic hydroxyl groups is 1. The van der Waals surface area contributed by atoms with Gasteiger partial charge in [0.25, 0.3) is 5.08 Å². The maximum atomic E-state index is 10.9. The molecule has 11 heteroatoms. The van der Waals surface area contributed by atoms with E-state index in [2.05, 4.69) is 5.32 Å². The van der Waals surface area contributed by atoms with Crippen molar-refractivity contribution < 1.29 is 38.6 Å². The van der Waals surface area contributed by atoms with Crippen LogP contribution < -0.4 is 5.32 Å². The molecule has 0 radical (unpaired) electrons. The van der Waals surface area contributed by atoms with Crippen LogP contribution >= 0.6 is 15.2 Å². The summed E-state index contributed by atoms with van der Waals surface area (Å²) in [6.07, 6.45) is -1.02. The Balaban J connectivity index is 4.72. The lowest BCUT2D eigenvalue weighted by atomic mass is 10.3. The predicted octanol–water partition coefficient (Wildman–Crippen LogP) is -1.10. The minimum atomic E-state index is -5.39. The SMILES string of the molecule is CC(=O)NCCCC(O)(P(=O)(O)O)P(=O)(O)O. The molecule has 9 nitrogen and oxygen atoms in total. The molecule has 0 aromatic carbocycles. The lowest BCUT2D eigenvalue weighted by Gasteiger charge is -2.29. The van der Waals surface area contributed by atoms with Crippen molar-refractivity contribution in [1.82, 2.24) is 5.32 Å². The monoisotopic (exact) mass is 291 g/mol. The van der Waals surface area contributed by atoms with Crippen molar-refractivity contribution in [1.29, 1.82) is 0 Å². The molecule has 0 unspecified atom stereocenters. The highest BCUT2D eigenvalue weighted by atomic mass is 31.2. The lowest BCUT2D eigenvalue weighted by molar-refractivity contribution is -0.118. The lowest BCUT2D eigenvalue weighted by Crippen LogP contribution is -2.30. The van der Waals surface area contributed by atoms with Crippen LogP contribution in [0.2, 0.25) is 0 Å². The molecule has 0 bridgehead atoms. The Labute approximate surface area is 97.2 Å². The summed E-state index contributed by atoms with van der Waals surface area (Å²) in [4.78, 5) is 45.5. The van der Waals surface area contributed by atoms with Gasteiger partial charge in [-0.1, -0.05) is 0 Å². The smallest absolute Gasteiger partial charge is 0.368 e. The van der Waals surface area contributed by atoms with Crippen molar-refractivity contribution in [3.63, 3.8) is 0 Å². The topological polar surface area (TPSA) is 164 Å². The van der Waals surface area contributed by atoms with Gasteiger partial charge in [0.15, 0.2) is 0 Å². The Morgan fingerprint density at radius 3 is 1.88 bits per heavy atom. The van der Waals surface area contributed by atoms with Gasteiger partial charge in [-0.05, 0) is 6.42 Å². The van der Waals surface area contributed by atoms with E-state index in [1.54, 1.807) is 0 Å². The molecule has 1 amide bonds. The Morgan fingerprint density at radius 1 is 1.18 bits per heavy atom. The van der Waals surface area contributed by atoms with Crippen LogP contribution in [0, 0.1) is 0 Å². The number of amides is 1. The zero-order valence-corrected chi connectivity index (χ0v) is 10.8. The Kier molecular flexibility index (Phi) is 5.49. The summed E-state index contributed by atoms with van der Waals surface area (Å²) in [5.41, 5.74) is 0. The molecule has 0 spiro atoms. The first-order chi connectivity index (χ1) is 7.42. The number of carbonyl (C=O) groups is 1. The Bertz CT molecular complexity index is 348. The van der Waals surface area contributed by atoms with Crippen molar-refractivity contribution in [3.8, 4) is 0 Å². The molecule has 0 atom stereocenters. The van der Waals surface area contributed by atoms with Gasteiger partial charge in [0.05, 0.1) is 0 Å². The molecule has 17 heavy (non-hydrogen) atoms. The molecule has 0 aliphatic rings. The molecular formula is C6H15NO8P2. The highest BCUT2D eigenvalue weighted by Gasteiger charge is 2.58. The van der Waals surface area contributed by atoms with Crippen molar-refractivity contribution in [2.75, 3.05) is 6.54 Å². The number of hydrogen-bond donors (Lipinski definition) is 6. The summed E-state index contributed by atoms with van der Waals surface area (Å²) in [6, 6.07) is 0. The fraction of sp³-hybridized carbons (Fsp3) is 0.833. The molecule has 0 rings (SSSR count). The van der Waals surface area contributed by atoms with Gasteiger partial charge in [-0.25, -0.2) is 0 Å². The van der Waals surface area contributed by atoms with Crippen LogP contribution in [0.3, 0.4) is 0 Å². The summed E-state index contributed by atoms with van der Waals surface area (Å²) in [5, 5.41) is 8.27. The van der Waals surface area contributed by atoms with E-state index in [0.717, 1.165) is 0 Å². The quantitative estimate of drug-likeness (QED) is 0.265. The van der Waals surface area contributed by atoms with Gasteiger partial charge in [0.2, 0.25) is 5.91 Å². The predicted molar refractivity (Wildman–Crippen MR) is 57.0 cm³/mol. The van der Waals surface area contributed by atoms with Gasteiger partial charge in [0.1, 0.15) is 0 Å². The maximum absolute atomic E-state index is 10.9. The highest BCUT2D eigenvalue weighted by molar-refractivity contribution is 7.72. The number of nitrogens with one attached hydrogen (secondary N) is 1. The van der Waals surface area contributed by atoms with E-state index in [1.807, 2.05) is 0 Å². The number of rotatable bonds is 6. The van der Waals surface area contributed by atoms with E-state index >= 15 is 0 Å². The molecule has 0 fully saturated rings. The summed E-state index contributed by atoms with van der Waals surface area (Å²) in [6.45, 7) is 1.15. The minimum absolute atomic E-state index is 0.0579. The van der Waals surface area contributed by atoms with E-state index in [0.29, 0.717) is 0 Å². The molecule has 0 aliphatic carbocycles. The van der Waals surface area contributed by atoms with Crippen LogP contribution in [-0.4, -0.2) is 42.2 Å². The molecule has 6 N–H and O–H groups in total. The summed E-state index contributed by atoms with van der Waals surface area (Å²) >= 11 is 0. The van der Waals surface area contributed by atoms with Crippen LogP contribution in [0.5, 0.6) is 0 Å². The van der Waals surface area contributed by atoms with E-state index < -0.39 is 32.6 Å². The number of hydrogen-bond acceptors (Lipinski definition) is 4. The second kappa shape index (κ2) is 5.58. The van der Waals surface area contributed by atoms with E-state index in [4.69, 9.17) is 19.6 Å². The normalized spacial score (nSPS) is 13.5. The zero-order valence-electron chi connectivity index (χ0n) is 8.98. The van der Waals surface area contributed by atoms with Crippen molar-refractivity contribution in [2.24, 2.45) is 0 Å². The molecule has 102 valence electrons. The molecule has 0 saturated carbocycles. The van der Waals surface area contributed by atoms with Crippen LogP contribution in [0.25, 0.3) is 0 Å². The molecule has 0 heterocycles. The van der Waals surface area contributed by atoms with Gasteiger partial charge in [-0.2, -0.15) is 0 Å². The van der Waals surface area contributed by atoms with Gasteiger partial charge >= 0.3 is 15.2 Å². The summed E-state index contributed by atoms with van der Waals surface area (Å²) in [5.74, 6) is -0.402. The third-order valence-corrected chi connectivity index (χ3v) is 5.87. The first-order valence-corrected chi connectivity index (χ1v) is 7.72. The molecular weight excluding hydrogens is 276 g/mol. The third kappa shape index (κ3) is 4.48. The first-order valence-electron chi connectivity index (χ1n) is 4.50. The van der Waals surface area contributed by atoms with Crippen LogP contribution in [0.1, 0.15) is 19.8 Å². The maximum Gasteiger partial charge on any atom is 0.369 e. The van der Waals surface area contributed by atoms with E-state index in [9.17, 15) is 19.0 Å². The molecule has 0 aliphatic heterocycles. The second-order valence-corrected chi connectivity index (χ2v) is 7.46. The standard InChI is InChI=1S/C6H15NO8P2/c1-5(8)7-4-2-3-6(9,16(10,11)12)17(13,14)15/h9H,2-4H2,1H3,(H,7,8)(H2,10,11,12)(H2,13,14,15). The molecule has 0 saturated heterocycles. The highest BCUT2D eigenvalue weighted by Crippen LogP contribution is 2.69. The minimum Gasteiger partial charge on any atom is -0.368 e. The molecule has 0 aromatic heterocycles. The van der Waals surface area contributed by atoms with Crippen LogP contribution in [0.4, 0.5) is 0 Å². The summed E-state index contributed by atoms with van der Waals surface area (Å²) < 4.78 is 21.8. The average molecular weight is 291 g/mol. The Hall–Kier alpha value is -0.270. The van der Waals surface area contributed by atoms with Gasteiger partial charge in [-0.15, -0.1) is 0 Å². The molecule has 0 aromatic rings. The van der Waals surface area contributed by atoms with E-state index in [1.165, 1.54) is 6.92 Å². The largest absolute Gasteiger partial charge is 0.369 e. The fourth-order valence-corrected chi connectivity index (χ4v) is 3.31. The fourth-order valence-electron chi connectivity index (χ4n) is 1.05.